The lowest BCUT2D eigenvalue weighted by molar-refractivity contribution is 0.572. The lowest BCUT2D eigenvalue weighted by atomic mass is 10.1. The van der Waals surface area contributed by atoms with Crippen LogP contribution in [-0.2, 0) is 6.54 Å². The van der Waals surface area contributed by atoms with Crippen LogP contribution in [0.15, 0.2) is 39.9 Å². The molecule has 0 atom stereocenters. The first kappa shape index (κ1) is 19.5. The molecule has 2 N–H and O–H groups in total. The molecule has 1 heterocycles. The highest BCUT2D eigenvalue weighted by Gasteiger charge is 2.07. The Balaban J connectivity index is 0.00000264. The van der Waals surface area contributed by atoms with Gasteiger partial charge in [-0.05, 0) is 25.5 Å². The minimum Gasteiger partial charge on any atom is -0.444 e. The molecule has 5 nitrogen and oxygen atoms in total. The van der Waals surface area contributed by atoms with E-state index in [1.54, 1.807) is 13.3 Å². The maximum atomic E-state index is 5.54. The summed E-state index contributed by atoms with van der Waals surface area (Å²) in [6, 6.07) is 8.14. The molecule has 126 valence electrons. The third-order valence-corrected chi connectivity index (χ3v) is 3.33. The summed E-state index contributed by atoms with van der Waals surface area (Å²) >= 11 is 0. The van der Waals surface area contributed by atoms with Crippen molar-refractivity contribution in [3.05, 3.63) is 41.8 Å². The molecule has 0 aliphatic heterocycles. The molecule has 1 aromatic carbocycles. The number of aryl methyl sites for hydroxylation is 1. The number of hydrogen-bond acceptors (Lipinski definition) is 3. The molecule has 2 aromatic rings. The summed E-state index contributed by atoms with van der Waals surface area (Å²) in [5, 5.41) is 6.50. The number of hydrogen-bond donors (Lipinski definition) is 2. The molecule has 0 aliphatic carbocycles. The fourth-order valence-corrected chi connectivity index (χ4v) is 2.00. The summed E-state index contributed by atoms with van der Waals surface area (Å²) in [7, 11) is 1.77. The fraction of sp³-hybridized carbons (Fsp3) is 0.412. The van der Waals surface area contributed by atoms with E-state index < -0.39 is 0 Å². The van der Waals surface area contributed by atoms with E-state index in [4.69, 9.17) is 4.42 Å². The van der Waals surface area contributed by atoms with Crippen molar-refractivity contribution < 1.29 is 4.42 Å². The van der Waals surface area contributed by atoms with Gasteiger partial charge in [0.1, 0.15) is 6.26 Å². The van der Waals surface area contributed by atoms with Crippen LogP contribution in [0, 0.1) is 6.92 Å². The van der Waals surface area contributed by atoms with E-state index in [1.165, 1.54) is 5.56 Å². The first-order valence-corrected chi connectivity index (χ1v) is 7.69. The molecule has 0 saturated heterocycles. The second-order valence-electron chi connectivity index (χ2n) is 5.22. The summed E-state index contributed by atoms with van der Waals surface area (Å²) in [5.74, 6) is 1.43. The second kappa shape index (κ2) is 10.3. The Kier molecular flexibility index (Phi) is 8.68. The average Bonchev–Trinajstić information content (AvgIpc) is 3.00. The number of nitrogens with one attached hydrogen (secondary N) is 2. The molecule has 1 aromatic heterocycles. The zero-order valence-corrected chi connectivity index (χ0v) is 16.3. The van der Waals surface area contributed by atoms with Gasteiger partial charge in [0, 0.05) is 19.2 Å². The first-order chi connectivity index (χ1) is 10.7. The van der Waals surface area contributed by atoms with E-state index in [2.05, 4.69) is 46.6 Å². The zero-order valence-electron chi connectivity index (χ0n) is 13.9. The van der Waals surface area contributed by atoms with Crippen LogP contribution in [0.25, 0.3) is 11.5 Å². The number of aromatic nitrogens is 1. The van der Waals surface area contributed by atoms with Crippen molar-refractivity contribution in [3.8, 4) is 11.5 Å². The number of guanidine groups is 1. The van der Waals surface area contributed by atoms with Gasteiger partial charge in [-0.3, -0.25) is 4.99 Å². The van der Waals surface area contributed by atoms with Gasteiger partial charge in [0.25, 0.3) is 0 Å². The Morgan fingerprint density at radius 3 is 2.61 bits per heavy atom. The Bertz CT molecular complexity index is 607. The van der Waals surface area contributed by atoms with Crippen LogP contribution in [0.3, 0.4) is 0 Å². The number of halogens is 1. The largest absolute Gasteiger partial charge is 0.444 e. The van der Waals surface area contributed by atoms with Gasteiger partial charge in [-0.1, -0.05) is 31.0 Å². The molecular weight excluding hydrogens is 403 g/mol. The van der Waals surface area contributed by atoms with Crippen molar-refractivity contribution in [2.75, 3.05) is 13.6 Å². The minimum atomic E-state index is 0. The molecule has 0 bridgehead atoms. The Hall–Kier alpha value is -1.57. The van der Waals surface area contributed by atoms with Gasteiger partial charge in [-0.15, -0.1) is 24.0 Å². The molecule has 2 rings (SSSR count). The highest BCUT2D eigenvalue weighted by Crippen LogP contribution is 2.18. The zero-order chi connectivity index (χ0) is 15.8. The number of nitrogens with zero attached hydrogens (tertiary/aromatic N) is 2. The van der Waals surface area contributed by atoms with Gasteiger partial charge in [0.2, 0.25) is 5.89 Å². The Morgan fingerprint density at radius 2 is 1.96 bits per heavy atom. The maximum Gasteiger partial charge on any atom is 0.226 e. The van der Waals surface area contributed by atoms with Gasteiger partial charge >= 0.3 is 0 Å². The molecule has 0 aliphatic rings. The predicted octanol–water partition coefficient (Wildman–Crippen LogP) is 3.73. The van der Waals surface area contributed by atoms with Crippen LogP contribution in [0.5, 0.6) is 0 Å². The van der Waals surface area contributed by atoms with Gasteiger partial charge < -0.3 is 15.1 Å². The van der Waals surface area contributed by atoms with E-state index in [9.17, 15) is 0 Å². The summed E-state index contributed by atoms with van der Waals surface area (Å²) in [6.45, 7) is 5.73. The molecular formula is C17H25IN4O. The summed E-state index contributed by atoms with van der Waals surface area (Å²) in [4.78, 5) is 8.69. The topological polar surface area (TPSA) is 62.5 Å². The van der Waals surface area contributed by atoms with Crippen LogP contribution in [-0.4, -0.2) is 24.5 Å². The van der Waals surface area contributed by atoms with Crippen LogP contribution in [0.1, 0.15) is 31.0 Å². The Labute approximate surface area is 155 Å². The highest BCUT2D eigenvalue weighted by molar-refractivity contribution is 14.0. The molecule has 0 saturated carbocycles. The monoisotopic (exact) mass is 428 g/mol. The second-order valence-corrected chi connectivity index (χ2v) is 5.22. The van der Waals surface area contributed by atoms with Crippen LogP contribution < -0.4 is 10.6 Å². The number of oxazole rings is 1. The van der Waals surface area contributed by atoms with Gasteiger partial charge in [-0.2, -0.15) is 0 Å². The van der Waals surface area contributed by atoms with Crippen molar-refractivity contribution in [2.45, 2.75) is 33.2 Å². The van der Waals surface area contributed by atoms with Gasteiger partial charge in [-0.25, -0.2) is 4.98 Å². The van der Waals surface area contributed by atoms with Crippen molar-refractivity contribution in [1.29, 1.82) is 0 Å². The lowest BCUT2D eigenvalue weighted by Gasteiger charge is -2.09. The highest BCUT2D eigenvalue weighted by atomic mass is 127. The van der Waals surface area contributed by atoms with Crippen molar-refractivity contribution in [3.63, 3.8) is 0 Å². The molecule has 23 heavy (non-hydrogen) atoms. The summed E-state index contributed by atoms with van der Waals surface area (Å²) in [5.41, 5.74) is 3.07. The SMILES string of the molecule is CCCCNC(=NC)NCc1coc(-c2ccc(C)cc2)n1.I. The van der Waals surface area contributed by atoms with Crippen LogP contribution >= 0.6 is 24.0 Å². The molecule has 0 unspecified atom stereocenters. The number of benzene rings is 1. The summed E-state index contributed by atoms with van der Waals surface area (Å²) < 4.78 is 5.54. The third-order valence-electron chi connectivity index (χ3n) is 3.33. The summed E-state index contributed by atoms with van der Waals surface area (Å²) in [6.07, 6.45) is 3.97. The van der Waals surface area contributed by atoms with Crippen LogP contribution in [0.2, 0.25) is 0 Å². The molecule has 0 spiro atoms. The van der Waals surface area contributed by atoms with Gasteiger partial charge in [0.05, 0.1) is 12.2 Å². The standard InChI is InChI=1S/C17H24N4O.HI/c1-4-5-10-19-17(18-3)20-11-15-12-22-16(21-15)14-8-6-13(2)7-9-14;/h6-9,12H,4-5,10-11H2,1-3H3,(H2,18,19,20);1H. The van der Waals surface area contributed by atoms with E-state index in [-0.39, 0.29) is 24.0 Å². The van der Waals surface area contributed by atoms with Crippen molar-refractivity contribution >= 4 is 29.9 Å². The molecule has 0 amide bonds. The van der Waals surface area contributed by atoms with Gasteiger partial charge in [0.15, 0.2) is 5.96 Å². The van der Waals surface area contributed by atoms with E-state index in [0.29, 0.717) is 12.4 Å². The average molecular weight is 428 g/mol. The predicted molar refractivity (Wildman–Crippen MR) is 105 cm³/mol. The number of unbranched alkanes of at least 4 members (excludes halogenated alkanes) is 1. The lowest BCUT2D eigenvalue weighted by Crippen LogP contribution is -2.37. The van der Waals surface area contributed by atoms with E-state index >= 15 is 0 Å². The molecule has 0 fully saturated rings. The number of aliphatic imine (C=N–C) groups is 1. The fourth-order valence-electron chi connectivity index (χ4n) is 2.00. The minimum absolute atomic E-state index is 0. The van der Waals surface area contributed by atoms with E-state index in [0.717, 1.165) is 36.6 Å². The Morgan fingerprint density at radius 1 is 1.22 bits per heavy atom. The quantitative estimate of drug-likeness (QED) is 0.319. The molecule has 6 heteroatoms. The smallest absolute Gasteiger partial charge is 0.226 e. The van der Waals surface area contributed by atoms with E-state index in [1.807, 2.05) is 12.1 Å². The maximum absolute atomic E-state index is 5.54. The van der Waals surface area contributed by atoms with Crippen molar-refractivity contribution in [1.82, 2.24) is 15.6 Å². The third kappa shape index (κ3) is 6.21. The van der Waals surface area contributed by atoms with Crippen LogP contribution in [0.4, 0.5) is 0 Å². The normalized spacial score (nSPS) is 11.0. The van der Waals surface area contributed by atoms with Crippen molar-refractivity contribution in [2.24, 2.45) is 4.99 Å². The molecule has 0 radical (unpaired) electrons. The first-order valence-electron chi connectivity index (χ1n) is 7.69. The number of rotatable bonds is 6.